The van der Waals surface area contributed by atoms with Gasteiger partial charge in [0.05, 0.1) is 12.0 Å². The highest BCUT2D eigenvalue weighted by Gasteiger charge is 2.25. The van der Waals surface area contributed by atoms with E-state index < -0.39 is 0 Å². The van der Waals surface area contributed by atoms with Gasteiger partial charge in [-0.1, -0.05) is 11.2 Å². The summed E-state index contributed by atoms with van der Waals surface area (Å²) in [6.07, 6.45) is 2.35. The van der Waals surface area contributed by atoms with E-state index in [9.17, 15) is 0 Å². The summed E-state index contributed by atoms with van der Waals surface area (Å²) in [6, 6.07) is 5.77. The Labute approximate surface area is 100 Å². The molecule has 0 spiro atoms. The monoisotopic (exact) mass is 232 g/mol. The molecule has 0 amide bonds. The molecule has 2 aromatic rings. The van der Waals surface area contributed by atoms with Crippen molar-refractivity contribution in [2.24, 2.45) is 0 Å². The zero-order chi connectivity index (χ0) is 12.3. The minimum Gasteiger partial charge on any atom is -0.337 e. The lowest BCUT2D eigenvalue weighted by molar-refractivity contribution is 0.279. The highest BCUT2D eigenvalue weighted by atomic mass is 16.5. The van der Waals surface area contributed by atoms with Crippen LogP contribution in [0.4, 0.5) is 0 Å². The van der Waals surface area contributed by atoms with Crippen LogP contribution in [0, 0.1) is 0 Å². The van der Waals surface area contributed by atoms with Crippen molar-refractivity contribution < 1.29 is 4.52 Å². The third kappa shape index (κ3) is 2.68. The molecule has 0 radical (unpaired) electrons. The number of aromatic nitrogens is 3. The molecule has 2 aromatic heterocycles. The fourth-order valence-electron chi connectivity index (χ4n) is 1.35. The average Bonchev–Trinajstić information content (AvgIpc) is 2.80. The van der Waals surface area contributed by atoms with E-state index in [0.29, 0.717) is 18.1 Å². The van der Waals surface area contributed by atoms with Crippen LogP contribution in [0.5, 0.6) is 0 Å². The molecule has 0 saturated heterocycles. The van der Waals surface area contributed by atoms with Crippen molar-refractivity contribution in [1.29, 1.82) is 0 Å². The SMILES string of the molecule is CNC(C)(C)c1nc(Cc2ccccn2)no1. The second kappa shape index (κ2) is 4.63. The molecule has 0 aromatic carbocycles. The van der Waals surface area contributed by atoms with Gasteiger partial charge in [-0.15, -0.1) is 0 Å². The van der Waals surface area contributed by atoms with Crippen molar-refractivity contribution >= 4 is 0 Å². The molecule has 0 atom stereocenters. The molecule has 17 heavy (non-hydrogen) atoms. The van der Waals surface area contributed by atoms with Gasteiger partial charge in [0, 0.05) is 11.9 Å². The van der Waals surface area contributed by atoms with Gasteiger partial charge in [0.2, 0.25) is 5.89 Å². The molecule has 5 nitrogen and oxygen atoms in total. The second-order valence-electron chi connectivity index (χ2n) is 4.39. The Balaban J connectivity index is 2.14. The average molecular weight is 232 g/mol. The Morgan fingerprint density at radius 1 is 1.35 bits per heavy atom. The Morgan fingerprint density at radius 2 is 2.18 bits per heavy atom. The fourth-order valence-corrected chi connectivity index (χ4v) is 1.35. The van der Waals surface area contributed by atoms with Crippen molar-refractivity contribution in [3.8, 4) is 0 Å². The maximum atomic E-state index is 5.24. The summed E-state index contributed by atoms with van der Waals surface area (Å²) in [7, 11) is 1.86. The topological polar surface area (TPSA) is 63.8 Å². The van der Waals surface area contributed by atoms with E-state index >= 15 is 0 Å². The summed E-state index contributed by atoms with van der Waals surface area (Å²) < 4.78 is 5.24. The summed E-state index contributed by atoms with van der Waals surface area (Å²) in [4.78, 5) is 8.60. The van der Waals surface area contributed by atoms with Crippen LogP contribution < -0.4 is 5.32 Å². The van der Waals surface area contributed by atoms with Crippen LogP contribution in [0.25, 0.3) is 0 Å². The Kier molecular flexibility index (Phi) is 3.19. The number of hydrogen-bond acceptors (Lipinski definition) is 5. The van der Waals surface area contributed by atoms with Crippen LogP contribution in [-0.2, 0) is 12.0 Å². The van der Waals surface area contributed by atoms with Gasteiger partial charge in [-0.2, -0.15) is 4.98 Å². The summed E-state index contributed by atoms with van der Waals surface area (Å²) in [5.74, 6) is 1.24. The maximum Gasteiger partial charge on any atom is 0.246 e. The van der Waals surface area contributed by atoms with E-state index in [2.05, 4.69) is 20.4 Å². The molecule has 0 unspecified atom stereocenters. The van der Waals surface area contributed by atoms with Gasteiger partial charge in [-0.25, -0.2) is 0 Å². The minimum atomic E-state index is -0.310. The third-order valence-corrected chi connectivity index (χ3v) is 2.69. The molecule has 90 valence electrons. The van der Waals surface area contributed by atoms with Gasteiger partial charge in [0.25, 0.3) is 0 Å². The highest BCUT2D eigenvalue weighted by Crippen LogP contribution is 2.17. The van der Waals surface area contributed by atoms with Crippen molar-refractivity contribution in [3.63, 3.8) is 0 Å². The Morgan fingerprint density at radius 3 is 2.82 bits per heavy atom. The second-order valence-corrected chi connectivity index (χ2v) is 4.39. The number of nitrogens with zero attached hydrogens (tertiary/aromatic N) is 3. The highest BCUT2D eigenvalue weighted by molar-refractivity contribution is 5.10. The Hall–Kier alpha value is -1.75. The van der Waals surface area contributed by atoms with E-state index in [0.717, 1.165) is 5.69 Å². The minimum absolute atomic E-state index is 0.310. The first-order chi connectivity index (χ1) is 8.12. The first-order valence-corrected chi connectivity index (χ1v) is 5.54. The predicted octanol–water partition coefficient (Wildman–Crippen LogP) is 1.51. The molecule has 1 N–H and O–H groups in total. The molecular formula is C12H16N4O. The molecule has 0 saturated carbocycles. The number of rotatable bonds is 4. The van der Waals surface area contributed by atoms with Crippen LogP contribution in [-0.4, -0.2) is 22.2 Å². The van der Waals surface area contributed by atoms with Gasteiger partial charge in [-0.05, 0) is 33.0 Å². The summed E-state index contributed by atoms with van der Waals surface area (Å²) in [6.45, 7) is 3.98. The lowest BCUT2D eigenvalue weighted by Crippen LogP contribution is -2.33. The van der Waals surface area contributed by atoms with Crippen LogP contribution in [0.2, 0.25) is 0 Å². The number of pyridine rings is 1. The summed E-state index contributed by atoms with van der Waals surface area (Å²) >= 11 is 0. The molecule has 0 aliphatic heterocycles. The zero-order valence-corrected chi connectivity index (χ0v) is 10.3. The standard InChI is InChI=1S/C12H16N4O/c1-12(2,13-3)11-15-10(16-17-11)8-9-6-4-5-7-14-9/h4-7,13H,8H2,1-3H3. The van der Waals surface area contributed by atoms with E-state index in [4.69, 9.17) is 4.52 Å². The van der Waals surface area contributed by atoms with Gasteiger partial charge >= 0.3 is 0 Å². The lowest BCUT2D eigenvalue weighted by atomic mass is 10.1. The summed E-state index contributed by atoms with van der Waals surface area (Å²) in [5, 5.41) is 7.08. The maximum absolute atomic E-state index is 5.24. The smallest absolute Gasteiger partial charge is 0.246 e. The molecule has 0 aliphatic carbocycles. The number of hydrogen-bond donors (Lipinski definition) is 1. The fraction of sp³-hybridized carbons (Fsp3) is 0.417. The normalized spacial score (nSPS) is 11.7. The van der Waals surface area contributed by atoms with E-state index in [1.54, 1.807) is 6.20 Å². The predicted molar refractivity (Wildman–Crippen MR) is 63.4 cm³/mol. The lowest BCUT2D eigenvalue weighted by Gasteiger charge is -2.17. The quantitative estimate of drug-likeness (QED) is 0.865. The first-order valence-electron chi connectivity index (χ1n) is 5.54. The van der Waals surface area contributed by atoms with Gasteiger partial charge in [0.15, 0.2) is 5.82 Å². The van der Waals surface area contributed by atoms with Crippen molar-refractivity contribution in [1.82, 2.24) is 20.4 Å². The molecule has 0 fully saturated rings. The van der Waals surface area contributed by atoms with Gasteiger partial charge in [0.1, 0.15) is 0 Å². The molecule has 2 rings (SSSR count). The largest absolute Gasteiger partial charge is 0.337 e. The molecule has 5 heteroatoms. The summed E-state index contributed by atoms with van der Waals surface area (Å²) in [5.41, 5.74) is 0.622. The number of nitrogens with one attached hydrogen (secondary N) is 1. The van der Waals surface area contributed by atoms with Crippen LogP contribution in [0.15, 0.2) is 28.9 Å². The van der Waals surface area contributed by atoms with Crippen LogP contribution in [0.1, 0.15) is 31.3 Å². The van der Waals surface area contributed by atoms with Crippen molar-refractivity contribution in [2.45, 2.75) is 25.8 Å². The van der Waals surface area contributed by atoms with E-state index in [1.165, 1.54) is 0 Å². The third-order valence-electron chi connectivity index (χ3n) is 2.69. The first kappa shape index (κ1) is 11.7. The molecule has 2 heterocycles. The van der Waals surface area contributed by atoms with Crippen LogP contribution in [0.3, 0.4) is 0 Å². The van der Waals surface area contributed by atoms with E-state index in [1.807, 2.05) is 39.1 Å². The molecular weight excluding hydrogens is 216 g/mol. The molecule has 0 aliphatic rings. The van der Waals surface area contributed by atoms with Gasteiger partial charge in [-0.3, -0.25) is 4.98 Å². The molecule has 0 bridgehead atoms. The van der Waals surface area contributed by atoms with Crippen molar-refractivity contribution in [2.75, 3.05) is 7.05 Å². The zero-order valence-electron chi connectivity index (χ0n) is 10.3. The van der Waals surface area contributed by atoms with E-state index in [-0.39, 0.29) is 5.54 Å². The Bertz CT molecular complexity index is 478. The van der Waals surface area contributed by atoms with Gasteiger partial charge < -0.3 is 9.84 Å². The van der Waals surface area contributed by atoms with Crippen molar-refractivity contribution in [3.05, 3.63) is 41.8 Å². The van der Waals surface area contributed by atoms with Crippen LogP contribution >= 0.6 is 0 Å².